The van der Waals surface area contributed by atoms with Crippen LogP contribution >= 0.6 is 11.3 Å². The van der Waals surface area contributed by atoms with E-state index < -0.39 is 0 Å². The van der Waals surface area contributed by atoms with Crippen LogP contribution < -0.4 is 0 Å². The fourth-order valence-electron chi connectivity index (χ4n) is 2.85. The van der Waals surface area contributed by atoms with E-state index in [9.17, 15) is 0 Å². The Bertz CT molecular complexity index is 678. The Morgan fingerprint density at radius 2 is 1.90 bits per heavy atom. The Hall–Kier alpha value is -1.61. The second-order valence-corrected chi connectivity index (χ2v) is 6.15. The first-order valence-corrected chi connectivity index (χ1v) is 8.19. The molecule has 0 bridgehead atoms. The van der Waals surface area contributed by atoms with Gasteiger partial charge < -0.3 is 4.57 Å². The fourth-order valence-corrected chi connectivity index (χ4v) is 3.55. The molecule has 0 aliphatic heterocycles. The van der Waals surface area contributed by atoms with E-state index in [2.05, 4.69) is 60.2 Å². The van der Waals surface area contributed by atoms with E-state index in [1.54, 1.807) is 0 Å². The quantitative estimate of drug-likeness (QED) is 0.641. The van der Waals surface area contributed by atoms with E-state index in [0.717, 1.165) is 24.8 Å². The molecule has 0 unspecified atom stereocenters. The monoisotopic (exact) mass is 284 g/mol. The van der Waals surface area contributed by atoms with Crippen molar-refractivity contribution < 1.29 is 0 Å². The molecule has 3 aromatic rings. The number of nitrogens with zero attached hydrogens (tertiary/aromatic N) is 2. The van der Waals surface area contributed by atoms with Crippen LogP contribution in [0.3, 0.4) is 0 Å². The Balaban J connectivity index is 2.11. The van der Waals surface area contributed by atoms with Crippen LogP contribution in [0.5, 0.6) is 0 Å². The lowest BCUT2D eigenvalue weighted by Gasteiger charge is -2.18. The minimum atomic E-state index is 0.539. The summed E-state index contributed by atoms with van der Waals surface area (Å²) in [7, 11) is 0. The minimum Gasteiger partial charge on any atom is -0.325 e. The first-order chi connectivity index (χ1) is 9.83. The summed E-state index contributed by atoms with van der Waals surface area (Å²) >= 11 is 1.81. The van der Waals surface area contributed by atoms with Crippen molar-refractivity contribution in [3.05, 3.63) is 52.5 Å². The largest absolute Gasteiger partial charge is 0.325 e. The van der Waals surface area contributed by atoms with Crippen molar-refractivity contribution in [3.8, 4) is 0 Å². The molecule has 2 heterocycles. The Labute approximate surface area is 124 Å². The van der Waals surface area contributed by atoms with Crippen LogP contribution in [-0.4, -0.2) is 9.55 Å². The third-order valence-electron chi connectivity index (χ3n) is 3.89. The zero-order valence-electron chi connectivity index (χ0n) is 12.0. The van der Waals surface area contributed by atoms with Gasteiger partial charge >= 0.3 is 0 Å². The van der Waals surface area contributed by atoms with Crippen LogP contribution in [0.2, 0.25) is 0 Å². The van der Waals surface area contributed by atoms with Crippen LogP contribution in [0.25, 0.3) is 11.0 Å². The number of para-hydroxylation sites is 2. The molecular formula is C17H20N2S. The van der Waals surface area contributed by atoms with Gasteiger partial charge in [-0.25, -0.2) is 4.98 Å². The van der Waals surface area contributed by atoms with Crippen LogP contribution in [0.1, 0.15) is 43.4 Å². The van der Waals surface area contributed by atoms with E-state index >= 15 is 0 Å². The topological polar surface area (TPSA) is 17.8 Å². The third-order valence-corrected chi connectivity index (χ3v) is 4.77. The Morgan fingerprint density at radius 3 is 2.60 bits per heavy atom. The predicted octanol–water partition coefficient (Wildman–Crippen LogP) is 5.05. The first-order valence-electron chi connectivity index (χ1n) is 7.31. The number of hydrogen-bond donors (Lipinski definition) is 0. The van der Waals surface area contributed by atoms with Gasteiger partial charge in [-0.1, -0.05) is 32.0 Å². The fraction of sp³-hybridized carbons (Fsp3) is 0.353. The predicted molar refractivity (Wildman–Crippen MR) is 86.5 cm³/mol. The normalized spacial score (nSPS) is 11.6. The molecule has 3 rings (SSSR count). The molecular weight excluding hydrogens is 264 g/mol. The summed E-state index contributed by atoms with van der Waals surface area (Å²) in [5.74, 6) is 1.20. The number of aromatic nitrogens is 2. The van der Waals surface area contributed by atoms with E-state index in [1.165, 1.54) is 16.2 Å². The summed E-state index contributed by atoms with van der Waals surface area (Å²) in [4.78, 5) is 6.26. The molecule has 0 aliphatic carbocycles. The number of hydrogen-bond acceptors (Lipinski definition) is 2. The highest BCUT2D eigenvalue weighted by Crippen LogP contribution is 2.27. The highest BCUT2D eigenvalue weighted by Gasteiger charge is 2.16. The molecule has 1 aromatic carbocycles. The first kappa shape index (κ1) is 13.4. The van der Waals surface area contributed by atoms with Crippen LogP contribution in [0.4, 0.5) is 0 Å². The molecule has 0 radical (unpaired) electrons. The zero-order valence-corrected chi connectivity index (χ0v) is 12.9. The molecule has 0 fully saturated rings. The molecule has 0 saturated heterocycles. The summed E-state index contributed by atoms with van der Waals surface area (Å²) in [5, 5.41) is 2.14. The number of imidazole rings is 1. The van der Waals surface area contributed by atoms with Gasteiger partial charge in [0.25, 0.3) is 0 Å². The maximum atomic E-state index is 4.87. The lowest BCUT2D eigenvalue weighted by atomic mass is 10.1. The summed E-state index contributed by atoms with van der Waals surface area (Å²) in [5.41, 5.74) is 2.39. The molecule has 0 atom stereocenters. The molecule has 2 nitrogen and oxygen atoms in total. The standard InChI is InChI=1S/C17H20N2S/c1-3-13(4-2)19-16-10-6-5-9-15(16)18-17(19)12-14-8-7-11-20-14/h5-11,13H,3-4,12H2,1-2H3. The van der Waals surface area contributed by atoms with Crippen molar-refractivity contribution in [2.75, 3.05) is 0 Å². The summed E-state index contributed by atoms with van der Waals surface area (Å²) in [6.07, 6.45) is 3.23. The highest BCUT2D eigenvalue weighted by atomic mass is 32.1. The second kappa shape index (κ2) is 5.80. The SMILES string of the molecule is CCC(CC)n1c(Cc2cccs2)nc2ccccc21. The van der Waals surface area contributed by atoms with E-state index in [4.69, 9.17) is 4.98 Å². The van der Waals surface area contributed by atoms with Gasteiger partial charge in [0.15, 0.2) is 0 Å². The van der Waals surface area contributed by atoms with Crippen molar-refractivity contribution in [3.63, 3.8) is 0 Å². The van der Waals surface area contributed by atoms with Gasteiger partial charge in [0.1, 0.15) is 5.82 Å². The lowest BCUT2D eigenvalue weighted by Crippen LogP contribution is -2.11. The average molecular weight is 284 g/mol. The van der Waals surface area contributed by atoms with Crippen LogP contribution in [-0.2, 0) is 6.42 Å². The molecule has 0 N–H and O–H groups in total. The van der Waals surface area contributed by atoms with Crippen molar-refractivity contribution in [2.45, 2.75) is 39.2 Å². The smallest absolute Gasteiger partial charge is 0.115 e. The molecule has 0 spiro atoms. The van der Waals surface area contributed by atoms with E-state index in [1.807, 2.05) is 11.3 Å². The maximum Gasteiger partial charge on any atom is 0.115 e. The van der Waals surface area contributed by atoms with Gasteiger partial charge in [-0.15, -0.1) is 11.3 Å². The number of thiophene rings is 1. The molecule has 0 amide bonds. The summed E-state index contributed by atoms with van der Waals surface area (Å²) < 4.78 is 2.45. The number of fused-ring (bicyclic) bond motifs is 1. The molecule has 104 valence electrons. The van der Waals surface area contributed by atoms with Crippen LogP contribution in [0.15, 0.2) is 41.8 Å². The summed E-state index contributed by atoms with van der Waals surface area (Å²) in [6, 6.07) is 13.3. The van der Waals surface area contributed by atoms with Crippen molar-refractivity contribution >= 4 is 22.4 Å². The molecule has 0 saturated carbocycles. The average Bonchev–Trinajstić information content (AvgIpc) is 3.09. The van der Waals surface area contributed by atoms with Gasteiger partial charge in [-0.05, 0) is 36.4 Å². The molecule has 3 heteroatoms. The van der Waals surface area contributed by atoms with Crippen molar-refractivity contribution in [2.24, 2.45) is 0 Å². The molecule has 2 aromatic heterocycles. The molecule has 20 heavy (non-hydrogen) atoms. The van der Waals surface area contributed by atoms with Gasteiger partial charge in [-0.3, -0.25) is 0 Å². The Morgan fingerprint density at radius 1 is 1.10 bits per heavy atom. The van der Waals surface area contributed by atoms with Gasteiger partial charge in [0.05, 0.1) is 11.0 Å². The highest BCUT2D eigenvalue weighted by molar-refractivity contribution is 7.09. The van der Waals surface area contributed by atoms with E-state index in [0.29, 0.717) is 6.04 Å². The third kappa shape index (κ3) is 2.38. The van der Waals surface area contributed by atoms with E-state index in [-0.39, 0.29) is 0 Å². The summed E-state index contributed by atoms with van der Waals surface area (Å²) in [6.45, 7) is 4.52. The molecule has 0 aliphatic rings. The second-order valence-electron chi connectivity index (χ2n) is 5.11. The Kier molecular flexibility index (Phi) is 3.88. The van der Waals surface area contributed by atoms with Gasteiger partial charge in [0, 0.05) is 17.3 Å². The number of rotatable bonds is 5. The lowest BCUT2D eigenvalue weighted by molar-refractivity contribution is 0.470. The van der Waals surface area contributed by atoms with Gasteiger partial charge in [0.2, 0.25) is 0 Å². The van der Waals surface area contributed by atoms with Crippen molar-refractivity contribution in [1.82, 2.24) is 9.55 Å². The van der Waals surface area contributed by atoms with Crippen LogP contribution in [0, 0.1) is 0 Å². The zero-order chi connectivity index (χ0) is 13.9. The number of benzene rings is 1. The van der Waals surface area contributed by atoms with Crippen molar-refractivity contribution in [1.29, 1.82) is 0 Å². The minimum absolute atomic E-state index is 0.539. The maximum absolute atomic E-state index is 4.87. The van der Waals surface area contributed by atoms with Gasteiger partial charge in [-0.2, -0.15) is 0 Å².